The van der Waals surface area contributed by atoms with Gasteiger partial charge < -0.3 is 10.4 Å². The maximum atomic E-state index is 12.6. The van der Waals surface area contributed by atoms with E-state index in [-0.39, 0.29) is 11.7 Å². The van der Waals surface area contributed by atoms with Crippen molar-refractivity contribution >= 4 is 40.4 Å². The first kappa shape index (κ1) is 29.9. The smallest absolute Gasteiger partial charge is 0.255 e. The van der Waals surface area contributed by atoms with E-state index in [4.69, 9.17) is 23.2 Å². The average molecular weight is 611 g/mol. The Morgan fingerprint density at radius 3 is 2.73 bits per heavy atom. The third-order valence-electron chi connectivity index (χ3n) is 8.58. The van der Waals surface area contributed by atoms with Gasteiger partial charge in [-0.05, 0) is 92.2 Å². The number of carbonyl (C=O) groups is 1. The molecule has 2 aliphatic carbocycles. The molecule has 0 spiro atoms. The van der Waals surface area contributed by atoms with Crippen molar-refractivity contribution in [2.45, 2.75) is 70.9 Å². The number of para-hydroxylation sites is 1. The van der Waals surface area contributed by atoms with E-state index < -0.39 is 0 Å². The zero-order valence-electron chi connectivity index (χ0n) is 23.5. The number of phenolic OH excluding ortho intramolecular Hbond substituents is 1. The van der Waals surface area contributed by atoms with Gasteiger partial charge in [-0.1, -0.05) is 54.7 Å². The van der Waals surface area contributed by atoms with Gasteiger partial charge in [0.2, 0.25) is 0 Å². The number of carbonyl (C=O) groups excluding carboxylic acids is 1. The van der Waals surface area contributed by atoms with Gasteiger partial charge >= 0.3 is 0 Å². The molecule has 5 rings (SSSR count). The van der Waals surface area contributed by atoms with E-state index in [2.05, 4.69) is 23.2 Å². The minimum atomic E-state index is -0.257. The van der Waals surface area contributed by atoms with Gasteiger partial charge in [0, 0.05) is 45.5 Å². The molecular weight excluding hydrogens is 573 g/mol. The Morgan fingerprint density at radius 2 is 2.02 bits per heavy atom. The molecule has 0 saturated heterocycles. The molecule has 2 unspecified atom stereocenters. The van der Waals surface area contributed by atoms with Crippen molar-refractivity contribution in [3.05, 3.63) is 84.5 Å². The fourth-order valence-electron chi connectivity index (χ4n) is 5.87. The van der Waals surface area contributed by atoms with Crippen molar-refractivity contribution < 1.29 is 9.90 Å². The Hall–Kier alpha value is -2.56. The highest BCUT2D eigenvalue weighted by Gasteiger charge is 2.33. The Kier molecular flexibility index (Phi) is 9.93. The molecule has 1 amide bonds. The number of nitrogens with one attached hydrogen (secondary N) is 1. The van der Waals surface area contributed by atoms with Crippen LogP contribution in [0.5, 0.6) is 5.75 Å². The monoisotopic (exact) mass is 609 g/mol. The third-order valence-corrected chi connectivity index (χ3v) is 10.5. The number of hydrogen-bond donors (Lipinski definition) is 2. The number of nitrogens with zero attached hydrogens (tertiary/aromatic N) is 2. The van der Waals surface area contributed by atoms with Crippen LogP contribution >= 0.6 is 34.5 Å². The maximum absolute atomic E-state index is 12.6. The van der Waals surface area contributed by atoms with E-state index in [0.29, 0.717) is 29.1 Å². The summed E-state index contributed by atoms with van der Waals surface area (Å²) < 4.78 is 0. The molecule has 1 saturated carbocycles. The van der Waals surface area contributed by atoms with Crippen LogP contribution in [0.4, 0.5) is 0 Å². The summed E-state index contributed by atoms with van der Waals surface area (Å²) in [5.74, 6) is 0.799. The van der Waals surface area contributed by atoms with Gasteiger partial charge in [0.05, 0.1) is 11.1 Å². The van der Waals surface area contributed by atoms with E-state index in [1.807, 2.05) is 29.5 Å². The molecule has 1 fully saturated rings. The number of phenols is 1. The first-order valence-electron chi connectivity index (χ1n) is 14.6. The maximum Gasteiger partial charge on any atom is 0.255 e. The number of halogens is 2. The number of amides is 1. The Bertz CT molecular complexity index is 1430. The molecule has 2 aromatic carbocycles. The number of nitriles is 1. The summed E-state index contributed by atoms with van der Waals surface area (Å²) in [6.45, 7) is 4.59. The van der Waals surface area contributed by atoms with Crippen LogP contribution in [0.2, 0.25) is 10.0 Å². The lowest BCUT2D eigenvalue weighted by Gasteiger charge is -2.35. The van der Waals surface area contributed by atoms with Crippen LogP contribution in [0.15, 0.2) is 42.5 Å². The van der Waals surface area contributed by atoms with Crippen LogP contribution < -0.4 is 5.32 Å². The number of fused-ring (bicyclic) bond motifs is 1. The topological polar surface area (TPSA) is 76.4 Å². The molecule has 8 heteroatoms. The molecule has 1 heterocycles. The highest BCUT2D eigenvalue weighted by atomic mass is 35.5. The number of rotatable bonds is 12. The normalized spacial score (nSPS) is 17.2. The molecule has 3 aromatic rings. The summed E-state index contributed by atoms with van der Waals surface area (Å²) in [7, 11) is 0. The molecule has 0 radical (unpaired) electrons. The molecule has 0 bridgehead atoms. The minimum absolute atomic E-state index is 0.00820. The summed E-state index contributed by atoms with van der Waals surface area (Å²) in [4.78, 5) is 17.7. The van der Waals surface area contributed by atoms with E-state index in [0.717, 1.165) is 73.7 Å². The van der Waals surface area contributed by atoms with Crippen molar-refractivity contribution in [2.24, 2.45) is 11.8 Å². The summed E-state index contributed by atoms with van der Waals surface area (Å²) in [6.07, 6.45) is 8.22. The van der Waals surface area contributed by atoms with Crippen LogP contribution in [-0.4, -0.2) is 35.0 Å². The molecule has 5 nitrogen and oxygen atoms in total. The van der Waals surface area contributed by atoms with Crippen LogP contribution in [0.1, 0.15) is 75.8 Å². The number of benzene rings is 2. The van der Waals surface area contributed by atoms with E-state index in [1.165, 1.54) is 34.2 Å². The standard InChI is InChI=1S/C33H37Cl2N3O2S/c1-2-21(18-37-33(40)27-5-3-4-6-30(27)39)9-14-31-28(17-36)26-13-12-25(16-32(26)41-31)38(19-22-7-8-22)20-23-10-11-24(34)15-29(23)35/h3-6,10-11,15,21-22,25,39H,2,7-9,12-14,16,18-20H2,1H3,(H,37,40). The van der Waals surface area contributed by atoms with Crippen molar-refractivity contribution in [1.82, 2.24) is 10.2 Å². The van der Waals surface area contributed by atoms with Gasteiger partial charge in [0.25, 0.3) is 5.91 Å². The number of hydrogen-bond acceptors (Lipinski definition) is 5. The van der Waals surface area contributed by atoms with Gasteiger partial charge in [-0.2, -0.15) is 5.26 Å². The first-order valence-corrected chi connectivity index (χ1v) is 16.2. The van der Waals surface area contributed by atoms with Crippen LogP contribution in [0.3, 0.4) is 0 Å². The Balaban J connectivity index is 1.23. The van der Waals surface area contributed by atoms with Crippen LogP contribution in [0.25, 0.3) is 0 Å². The molecule has 2 N–H and O–H groups in total. The zero-order chi connectivity index (χ0) is 28.9. The number of thiophene rings is 1. The van der Waals surface area contributed by atoms with Crippen molar-refractivity contribution in [1.29, 1.82) is 5.26 Å². The highest BCUT2D eigenvalue weighted by Crippen LogP contribution is 2.39. The summed E-state index contributed by atoms with van der Waals surface area (Å²) in [6, 6.07) is 15.4. The largest absolute Gasteiger partial charge is 0.507 e. The second-order valence-corrected chi connectivity index (χ2v) is 13.5. The highest BCUT2D eigenvalue weighted by molar-refractivity contribution is 7.12. The third kappa shape index (κ3) is 7.45. The fourth-order valence-corrected chi connectivity index (χ4v) is 7.73. The lowest BCUT2D eigenvalue weighted by molar-refractivity contribution is 0.0943. The SMILES string of the molecule is CCC(CCc1sc2c(c1C#N)CCC(N(Cc1ccc(Cl)cc1Cl)CC1CC1)C2)CNC(=O)c1ccccc1O. The Morgan fingerprint density at radius 1 is 1.22 bits per heavy atom. The summed E-state index contributed by atoms with van der Waals surface area (Å²) in [5.41, 5.74) is 3.54. The van der Waals surface area contributed by atoms with E-state index in [9.17, 15) is 15.2 Å². The first-order chi connectivity index (χ1) is 19.9. The molecular formula is C33H37Cl2N3O2S. The van der Waals surface area contributed by atoms with E-state index in [1.54, 1.807) is 18.2 Å². The molecule has 41 heavy (non-hydrogen) atoms. The van der Waals surface area contributed by atoms with Crippen molar-refractivity contribution in [3.63, 3.8) is 0 Å². The van der Waals surface area contributed by atoms with Crippen LogP contribution in [-0.2, 0) is 25.8 Å². The molecule has 2 aliphatic rings. The van der Waals surface area contributed by atoms with Gasteiger partial charge in [-0.3, -0.25) is 9.69 Å². The van der Waals surface area contributed by atoms with Crippen LogP contribution in [0, 0.1) is 23.2 Å². The Labute approximate surface area is 257 Å². The number of aromatic hydroxyl groups is 1. The predicted molar refractivity (Wildman–Crippen MR) is 167 cm³/mol. The fraction of sp³-hybridized carbons (Fsp3) is 0.455. The van der Waals surface area contributed by atoms with Gasteiger partial charge in [-0.25, -0.2) is 0 Å². The minimum Gasteiger partial charge on any atom is -0.507 e. The van der Waals surface area contributed by atoms with Gasteiger partial charge in [0.15, 0.2) is 0 Å². The van der Waals surface area contributed by atoms with Gasteiger partial charge in [0.1, 0.15) is 11.8 Å². The summed E-state index contributed by atoms with van der Waals surface area (Å²) in [5, 5.41) is 24.5. The average Bonchev–Trinajstić information content (AvgIpc) is 3.72. The molecule has 216 valence electrons. The quantitative estimate of drug-likeness (QED) is 0.220. The molecule has 2 atom stereocenters. The van der Waals surface area contributed by atoms with Crippen molar-refractivity contribution in [3.8, 4) is 11.8 Å². The van der Waals surface area contributed by atoms with Crippen molar-refractivity contribution in [2.75, 3.05) is 13.1 Å². The lowest BCUT2D eigenvalue weighted by Crippen LogP contribution is -2.40. The van der Waals surface area contributed by atoms with E-state index >= 15 is 0 Å². The second-order valence-electron chi connectivity index (χ2n) is 11.5. The zero-order valence-corrected chi connectivity index (χ0v) is 25.8. The van der Waals surface area contributed by atoms with Gasteiger partial charge in [-0.15, -0.1) is 11.3 Å². The number of aryl methyl sites for hydroxylation is 1. The summed E-state index contributed by atoms with van der Waals surface area (Å²) >= 11 is 14.5. The lowest BCUT2D eigenvalue weighted by atomic mass is 9.89. The molecule has 0 aliphatic heterocycles. The second kappa shape index (κ2) is 13.6. The predicted octanol–water partition coefficient (Wildman–Crippen LogP) is 7.79. The molecule has 1 aromatic heterocycles.